The van der Waals surface area contributed by atoms with E-state index < -0.39 is 21.8 Å². The molecule has 9 nitrogen and oxygen atoms in total. The number of methoxy groups -OCH3 is 1. The first-order valence-corrected chi connectivity index (χ1v) is 13.0. The number of anilines is 1. The standard InChI is InChI=1S/C26H26FN3O6S/c1-17-24(23(36-29-17)12-9-18-5-3-4-6-22(18)27)37(33,34)30-15-13-19(14-16-30)25(31)28-21-10-7-20(8-11-21)26(32)35-2/h3-12,19H,13-16H2,1-2H3,(H,28,31). The van der Waals surface area contributed by atoms with Gasteiger partial charge in [-0.05, 0) is 62.2 Å². The molecule has 3 aromatic rings. The van der Waals surface area contributed by atoms with Gasteiger partial charge >= 0.3 is 5.97 Å². The Bertz CT molecular complexity index is 1420. The van der Waals surface area contributed by atoms with Gasteiger partial charge in [0.25, 0.3) is 0 Å². The summed E-state index contributed by atoms with van der Waals surface area (Å²) in [4.78, 5) is 24.2. The lowest BCUT2D eigenvalue weighted by molar-refractivity contribution is -0.120. The molecule has 1 fully saturated rings. The van der Waals surface area contributed by atoms with Gasteiger partial charge in [0.1, 0.15) is 11.5 Å². The molecule has 0 radical (unpaired) electrons. The van der Waals surface area contributed by atoms with Gasteiger partial charge in [0.2, 0.25) is 15.9 Å². The third-order valence-corrected chi connectivity index (χ3v) is 8.21. The van der Waals surface area contributed by atoms with Crippen molar-refractivity contribution in [3.63, 3.8) is 0 Å². The topological polar surface area (TPSA) is 119 Å². The quantitative estimate of drug-likeness (QED) is 0.459. The molecule has 2 heterocycles. The van der Waals surface area contributed by atoms with E-state index in [1.807, 2.05) is 0 Å². The first-order chi connectivity index (χ1) is 17.7. The van der Waals surface area contributed by atoms with Gasteiger partial charge in [-0.25, -0.2) is 17.6 Å². The smallest absolute Gasteiger partial charge is 0.337 e. The zero-order valence-electron chi connectivity index (χ0n) is 20.3. The molecular weight excluding hydrogens is 501 g/mol. The van der Waals surface area contributed by atoms with Crippen LogP contribution in [-0.2, 0) is 19.6 Å². The molecule has 0 unspecified atom stereocenters. The first-order valence-electron chi connectivity index (χ1n) is 11.6. The molecule has 4 rings (SSSR count). The van der Waals surface area contributed by atoms with Gasteiger partial charge < -0.3 is 14.6 Å². The molecule has 0 aliphatic carbocycles. The number of benzene rings is 2. The predicted octanol–water partition coefficient (Wildman–Crippen LogP) is 4.12. The minimum Gasteiger partial charge on any atom is -0.465 e. The number of aryl methyl sites for hydroxylation is 1. The highest BCUT2D eigenvalue weighted by molar-refractivity contribution is 7.89. The minimum atomic E-state index is -3.96. The van der Waals surface area contributed by atoms with Crippen molar-refractivity contribution >= 4 is 39.7 Å². The molecule has 37 heavy (non-hydrogen) atoms. The molecule has 11 heteroatoms. The molecule has 0 spiro atoms. The maximum atomic E-state index is 14.0. The Hall–Kier alpha value is -3.83. The number of rotatable bonds is 7. The Morgan fingerprint density at radius 1 is 1.11 bits per heavy atom. The molecule has 0 bridgehead atoms. The van der Waals surface area contributed by atoms with Crippen LogP contribution in [0.3, 0.4) is 0 Å². The Balaban J connectivity index is 1.42. The van der Waals surface area contributed by atoms with E-state index in [9.17, 15) is 22.4 Å². The molecule has 1 N–H and O–H groups in total. The first kappa shape index (κ1) is 26.2. The monoisotopic (exact) mass is 527 g/mol. The number of nitrogens with one attached hydrogen (secondary N) is 1. The fourth-order valence-electron chi connectivity index (χ4n) is 4.11. The highest BCUT2D eigenvalue weighted by Gasteiger charge is 2.36. The second kappa shape index (κ2) is 11.1. The van der Waals surface area contributed by atoms with Crippen LogP contribution in [-0.4, -0.2) is 50.0 Å². The summed E-state index contributed by atoms with van der Waals surface area (Å²) in [7, 11) is -2.67. The SMILES string of the molecule is COC(=O)c1ccc(NC(=O)C2CCN(S(=O)(=O)c3c(C)noc3C=Cc3ccccc3F)CC2)cc1. The second-order valence-electron chi connectivity index (χ2n) is 8.55. The summed E-state index contributed by atoms with van der Waals surface area (Å²) in [5, 5.41) is 6.61. The Morgan fingerprint density at radius 3 is 2.43 bits per heavy atom. The van der Waals surface area contributed by atoms with E-state index in [0.717, 1.165) is 0 Å². The number of carbonyl (C=O) groups is 2. The van der Waals surface area contributed by atoms with Gasteiger partial charge in [0, 0.05) is 30.3 Å². The zero-order chi connectivity index (χ0) is 26.6. The number of sulfonamides is 1. The van der Waals surface area contributed by atoms with Crippen molar-refractivity contribution in [3.05, 3.63) is 76.9 Å². The van der Waals surface area contributed by atoms with Gasteiger partial charge in [0.15, 0.2) is 10.7 Å². The van der Waals surface area contributed by atoms with Crippen LogP contribution in [0, 0.1) is 18.7 Å². The molecule has 1 amide bonds. The third-order valence-electron chi connectivity index (χ3n) is 6.15. The van der Waals surface area contributed by atoms with E-state index in [4.69, 9.17) is 4.52 Å². The van der Waals surface area contributed by atoms with Gasteiger partial charge in [-0.15, -0.1) is 0 Å². The van der Waals surface area contributed by atoms with Crippen LogP contribution in [0.2, 0.25) is 0 Å². The highest BCUT2D eigenvalue weighted by atomic mass is 32.2. The van der Waals surface area contributed by atoms with Crippen molar-refractivity contribution in [3.8, 4) is 0 Å². The van der Waals surface area contributed by atoms with Crippen LogP contribution < -0.4 is 5.32 Å². The summed E-state index contributed by atoms with van der Waals surface area (Å²) in [6, 6.07) is 12.4. The molecule has 1 aliphatic rings. The van der Waals surface area contributed by atoms with Crippen LogP contribution in [0.15, 0.2) is 57.9 Å². The minimum absolute atomic E-state index is 0.0102. The molecule has 1 aromatic heterocycles. The summed E-state index contributed by atoms with van der Waals surface area (Å²) in [5.41, 5.74) is 1.38. The summed E-state index contributed by atoms with van der Waals surface area (Å²) in [6.45, 7) is 1.81. The average molecular weight is 528 g/mol. The van der Waals surface area contributed by atoms with Crippen molar-refractivity contribution in [1.82, 2.24) is 9.46 Å². The van der Waals surface area contributed by atoms with Crippen LogP contribution in [0.1, 0.15) is 40.2 Å². The molecule has 194 valence electrons. The average Bonchev–Trinajstić information content (AvgIpc) is 3.29. The number of hydrogen-bond acceptors (Lipinski definition) is 7. The van der Waals surface area contributed by atoms with Crippen molar-refractivity contribution in [2.75, 3.05) is 25.5 Å². The fourth-order valence-corrected chi connectivity index (χ4v) is 5.83. The van der Waals surface area contributed by atoms with Crippen LogP contribution in [0.4, 0.5) is 10.1 Å². The summed E-state index contributed by atoms with van der Waals surface area (Å²) >= 11 is 0. The molecule has 1 aliphatic heterocycles. The largest absolute Gasteiger partial charge is 0.465 e. The van der Waals surface area contributed by atoms with E-state index in [1.165, 1.54) is 36.6 Å². The maximum absolute atomic E-state index is 14.0. The molecular formula is C26H26FN3O6S. The van der Waals surface area contributed by atoms with E-state index in [-0.39, 0.29) is 46.8 Å². The second-order valence-corrected chi connectivity index (χ2v) is 10.4. The third kappa shape index (κ3) is 5.78. The van der Waals surface area contributed by atoms with Crippen molar-refractivity contribution in [2.24, 2.45) is 5.92 Å². The highest BCUT2D eigenvalue weighted by Crippen LogP contribution is 2.30. The summed E-state index contributed by atoms with van der Waals surface area (Å²) in [6.07, 6.45) is 3.48. The molecule has 1 saturated heterocycles. The number of carbonyl (C=O) groups excluding carboxylic acids is 2. The number of piperidine rings is 1. The van der Waals surface area contributed by atoms with Crippen LogP contribution in [0.5, 0.6) is 0 Å². The van der Waals surface area contributed by atoms with Crippen molar-refractivity contribution in [2.45, 2.75) is 24.7 Å². The maximum Gasteiger partial charge on any atom is 0.337 e. The lowest BCUT2D eigenvalue weighted by Crippen LogP contribution is -2.41. The summed E-state index contributed by atoms with van der Waals surface area (Å²) < 4.78 is 52.0. The number of aromatic nitrogens is 1. The molecule has 0 atom stereocenters. The summed E-state index contributed by atoms with van der Waals surface area (Å²) in [5.74, 6) is -1.51. The number of amides is 1. The lowest BCUT2D eigenvalue weighted by Gasteiger charge is -2.30. The van der Waals surface area contributed by atoms with Gasteiger partial charge in [-0.2, -0.15) is 4.31 Å². The Labute approximate surface area is 214 Å². The Morgan fingerprint density at radius 2 is 1.78 bits per heavy atom. The van der Waals surface area contributed by atoms with Crippen molar-refractivity contribution < 1.29 is 31.7 Å². The number of esters is 1. The molecule has 0 saturated carbocycles. The zero-order valence-corrected chi connectivity index (χ0v) is 21.1. The van der Waals surface area contributed by atoms with E-state index in [1.54, 1.807) is 42.5 Å². The van der Waals surface area contributed by atoms with E-state index in [0.29, 0.717) is 24.1 Å². The van der Waals surface area contributed by atoms with E-state index in [2.05, 4.69) is 15.2 Å². The van der Waals surface area contributed by atoms with Crippen LogP contribution in [0.25, 0.3) is 12.2 Å². The van der Waals surface area contributed by atoms with Crippen LogP contribution >= 0.6 is 0 Å². The van der Waals surface area contributed by atoms with Gasteiger partial charge in [-0.3, -0.25) is 4.79 Å². The molecule has 2 aromatic carbocycles. The fraction of sp³-hybridized carbons (Fsp3) is 0.269. The van der Waals surface area contributed by atoms with Gasteiger partial charge in [-0.1, -0.05) is 23.4 Å². The van der Waals surface area contributed by atoms with Crippen molar-refractivity contribution in [1.29, 1.82) is 0 Å². The van der Waals surface area contributed by atoms with E-state index >= 15 is 0 Å². The number of ether oxygens (including phenoxy) is 1. The lowest BCUT2D eigenvalue weighted by atomic mass is 9.97. The number of nitrogens with zero attached hydrogens (tertiary/aromatic N) is 2. The predicted molar refractivity (Wildman–Crippen MR) is 134 cm³/mol. The number of halogens is 1. The normalized spacial score (nSPS) is 15.1. The number of hydrogen-bond donors (Lipinski definition) is 1. The van der Waals surface area contributed by atoms with Gasteiger partial charge in [0.05, 0.1) is 12.7 Å². The Kier molecular flexibility index (Phi) is 7.84.